The van der Waals surface area contributed by atoms with E-state index in [0.29, 0.717) is 23.9 Å². The molecule has 26 heavy (non-hydrogen) atoms. The van der Waals surface area contributed by atoms with Gasteiger partial charge < -0.3 is 9.80 Å². The van der Waals surface area contributed by atoms with E-state index in [1.807, 2.05) is 24.6 Å². The monoisotopic (exact) mass is 375 g/mol. The number of imide groups is 1. The maximum atomic E-state index is 13.2. The number of piperidine rings is 1. The van der Waals surface area contributed by atoms with Crippen molar-refractivity contribution in [2.45, 2.75) is 45.1 Å². The van der Waals surface area contributed by atoms with Gasteiger partial charge in [0, 0.05) is 24.5 Å². The fraction of sp³-hybridized carbons (Fsp3) is 0.600. The maximum absolute atomic E-state index is 13.2. The number of hydrogen-bond donors (Lipinski definition) is 0. The molecule has 2 amide bonds. The fourth-order valence-electron chi connectivity index (χ4n) is 3.82. The second kappa shape index (κ2) is 8.35. The van der Waals surface area contributed by atoms with Crippen LogP contribution < -0.4 is 0 Å². The number of amides is 2. The van der Waals surface area contributed by atoms with Gasteiger partial charge in [-0.25, -0.2) is 0 Å². The van der Waals surface area contributed by atoms with Gasteiger partial charge in [0.15, 0.2) is 0 Å². The van der Waals surface area contributed by atoms with Crippen molar-refractivity contribution in [2.75, 3.05) is 33.7 Å². The van der Waals surface area contributed by atoms with E-state index in [1.54, 1.807) is 0 Å². The van der Waals surface area contributed by atoms with Gasteiger partial charge >= 0.3 is 0 Å². The van der Waals surface area contributed by atoms with Crippen molar-refractivity contribution in [3.63, 3.8) is 0 Å². The third kappa shape index (κ3) is 3.71. The molecule has 0 spiro atoms. The molecule has 2 aliphatic rings. The SMILES string of the molecule is CCCCCN1C(=O)C(c2cccs2)=C(N(C)C2CCN(C)CC2)C1=O. The molecule has 0 bridgehead atoms. The van der Waals surface area contributed by atoms with Crippen molar-refractivity contribution in [1.29, 1.82) is 0 Å². The molecule has 0 N–H and O–H groups in total. The van der Waals surface area contributed by atoms with E-state index in [0.717, 1.165) is 50.1 Å². The largest absolute Gasteiger partial charge is 0.366 e. The first-order valence-electron chi connectivity index (χ1n) is 9.60. The molecular formula is C20H29N3O2S. The Morgan fingerprint density at radius 1 is 1.19 bits per heavy atom. The van der Waals surface area contributed by atoms with E-state index in [9.17, 15) is 9.59 Å². The summed E-state index contributed by atoms with van der Waals surface area (Å²) < 4.78 is 0. The van der Waals surface area contributed by atoms with Gasteiger partial charge in [-0.2, -0.15) is 0 Å². The standard InChI is InChI=1S/C20H29N3O2S/c1-4-5-6-11-23-19(24)17(16-8-7-14-26-16)18(20(23)25)22(3)15-9-12-21(2)13-10-15/h7-8,14-15H,4-6,9-13H2,1-3H3. The molecular weight excluding hydrogens is 346 g/mol. The van der Waals surface area contributed by atoms with Gasteiger partial charge in [0.05, 0.1) is 5.57 Å². The number of carbonyl (C=O) groups excluding carboxylic acids is 2. The zero-order valence-electron chi connectivity index (χ0n) is 16.0. The van der Waals surface area contributed by atoms with Crippen LogP contribution in [0.2, 0.25) is 0 Å². The van der Waals surface area contributed by atoms with Crippen LogP contribution in [0.25, 0.3) is 5.57 Å². The Balaban J connectivity index is 1.89. The third-order valence-corrected chi connectivity index (χ3v) is 6.37. The number of unbranched alkanes of at least 4 members (excludes halogenated alkanes) is 2. The van der Waals surface area contributed by atoms with Crippen LogP contribution in [0.4, 0.5) is 0 Å². The molecule has 0 radical (unpaired) electrons. The van der Waals surface area contributed by atoms with Crippen LogP contribution in [0.5, 0.6) is 0 Å². The number of likely N-dealkylation sites (N-methyl/N-ethyl adjacent to an activating group) is 1. The lowest BCUT2D eigenvalue weighted by Gasteiger charge is -2.36. The highest BCUT2D eigenvalue weighted by Crippen LogP contribution is 2.35. The minimum atomic E-state index is -0.122. The number of nitrogens with zero attached hydrogens (tertiary/aromatic N) is 3. The van der Waals surface area contributed by atoms with Crippen LogP contribution in [-0.2, 0) is 9.59 Å². The van der Waals surface area contributed by atoms with E-state index >= 15 is 0 Å². The van der Waals surface area contributed by atoms with Crippen molar-refractivity contribution >= 4 is 28.7 Å². The summed E-state index contributed by atoms with van der Waals surface area (Å²) >= 11 is 1.53. The summed E-state index contributed by atoms with van der Waals surface area (Å²) in [5, 5.41) is 1.97. The van der Waals surface area contributed by atoms with Gasteiger partial charge in [0.2, 0.25) is 0 Å². The smallest absolute Gasteiger partial charge is 0.277 e. The molecule has 0 aliphatic carbocycles. The van der Waals surface area contributed by atoms with Crippen LogP contribution in [0.1, 0.15) is 43.9 Å². The van der Waals surface area contributed by atoms with Gasteiger partial charge in [-0.05, 0) is 50.8 Å². The molecule has 0 saturated carbocycles. The Bertz CT molecular complexity index is 675. The minimum Gasteiger partial charge on any atom is -0.366 e. The summed E-state index contributed by atoms with van der Waals surface area (Å²) in [6, 6.07) is 4.20. The highest BCUT2D eigenvalue weighted by Gasteiger charge is 2.42. The molecule has 6 heteroatoms. The summed E-state index contributed by atoms with van der Waals surface area (Å²) in [4.78, 5) is 33.0. The number of likely N-dealkylation sites (tertiary alicyclic amines) is 1. The Kier molecular flexibility index (Phi) is 6.14. The Morgan fingerprint density at radius 3 is 2.54 bits per heavy atom. The molecule has 3 heterocycles. The summed E-state index contributed by atoms with van der Waals surface area (Å²) in [5.41, 5.74) is 1.20. The third-order valence-electron chi connectivity index (χ3n) is 5.48. The molecule has 2 aliphatic heterocycles. The van der Waals surface area contributed by atoms with E-state index in [1.165, 1.54) is 16.2 Å². The topological polar surface area (TPSA) is 43.9 Å². The van der Waals surface area contributed by atoms with Crippen LogP contribution in [-0.4, -0.2) is 66.3 Å². The number of hydrogen-bond acceptors (Lipinski definition) is 5. The second-order valence-electron chi connectivity index (χ2n) is 7.32. The van der Waals surface area contributed by atoms with E-state index in [2.05, 4.69) is 23.8 Å². The van der Waals surface area contributed by atoms with Gasteiger partial charge in [-0.15, -0.1) is 11.3 Å². The lowest BCUT2D eigenvalue weighted by molar-refractivity contribution is -0.137. The van der Waals surface area contributed by atoms with E-state index in [-0.39, 0.29) is 11.8 Å². The Labute approximate surface area is 160 Å². The van der Waals surface area contributed by atoms with Crippen LogP contribution in [0, 0.1) is 0 Å². The lowest BCUT2D eigenvalue weighted by Crippen LogP contribution is -2.43. The minimum absolute atomic E-state index is 0.115. The normalized spacial score (nSPS) is 19.7. The molecule has 1 aromatic heterocycles. The van der Waals surface area contributed by atoms with Crippen molar-refractivity contribution in [1.82, 2.24) is 14.7 Å². The Hall–Kier alpha value is -1.66. The summed E-state index contributed by atoms with van der Waals surface area (Å²) in [5.74, 6) is -0.237. The van der Waals surface area contributed by atoms with Crippen LogP contribution in [0.15, 0.2) is 23.2 Å². The quantitative estimate of drug-likeness (QED) is 0.543. The van der Waals surface area contributed by atoms with Crippen molar-refractivity contribution in [3.05, 3.63) is 28.1 Å². The first-order valence-corrected chi connectivity index (χ1v) is 10.5. The molecule has 5 nitrogen and oxygen atoms in total. The fourth-order valence-corrected chi connectivity index (χ4v) is 4.58. The lowest BCUT2D eigenvalue weighted by atomic mass is 10.0. The van der Waals surface area contributed by atoms with E-state index in [4.69, 9.17) is 0 Å². The molecule has 1 aromatic rings. The Morgan fingerprint density at radius 2 is 1.92 bits per heavy atom. The first kappa shape index (κ1) is 19.1. The van der Waals surface area contributed by atoms with Gasteiger partial charge in [0.25, 0.3) is 11.8 Å². The predicted molar refractivity (Wildman–Crippen MR) is 106 cm³/mol. The van der Waals surface area contributed by atoms with Crippen molar-refractivity contribution < 1.29 is 9.59 Å². The van der Waals surface area contributed by atoms with Crippen LogP contribution in [0.3, 0.4) is 0 Å². The van der Waals surface area contributed by atoms with Crippen molar-refractivity contribution in [2.24, 2.45) is 0 Å². The van der Waals surface area contributed by atoms with Gasteiger partial charge in [0.1, 0.15) is 5.70 Å². The van der Waals surface area contributed by atoms with Gasteiger partial charge in [-0.3, -0.25) is 14.5 Å². The molecule has 1 fully saturated rings. The maximum Gasteiger partial charge on any atom is 0.277 e. The van der Waals surface area contributed by atoms with Gasteiger partial charge in [-0.1, -0.05) is 25.8 Å². The highest BCUT2D eigenvalue weighted by molar-refractivity contribution is 7.11. The zero-order chi connectivity index (χ0) is 18.7. The summed E-state index contributed by atoms with van der Waals surface area (Å²) in [7, 11) is 4.12. The summed E-state index contributed by atoms with van der Waals surface area (Å²) in [6.07, 6.45) is 5.02. The van der Waals surface area contributed by atoms with E-state index < -0.39 is 0 Å². The highest BCUT2D eigenvalue weighted by atomic mass is 32.1. The molecule has 0 aromatic carbocycles. The number of thiophene rings is 1. The zero-order valence-corrected chi connectivity index (χ0v) is 16.8. The van der Waals surface area contributed by atoms with Crippen molar-refractivity contribution in [3.8, 4) is 0 Å². The first-order chi connectivity index (χ1) is 12.5. The average molecular weight is 376 g/mol. The summed E-state index contributed by atoms with van der Waals surface area (Å²) in [6.45, 7) is 4.70. The molecule has 0 atom stereocenters. The molecule has 0 unspecified atom stereocenters. The van der Waals surface area contributed by atoms with Crippen LogP contribution >= 0.6 is 11.3 Å². The number of rotatable bonds is 7. The predicted octanol–water partition coefficient (Wildman–Crippen LogP) is 3.04. The molecule has 3 rings (SSSR count). The average Bonchev–Trinajstić information content (AvgIpc) is 3.23. The molecule has 142 valence electrons. The number of carbonyl (C=O) groups is 2. The second-order valence-corrected chi connectivity index (χ2v) is 8.26. The molecule has 1 saturated heterocycles.